The van der Waals surface area contributed by atoms with Crippen LogP contribution in [0.25, 0.3) is 0 Å². The normalized spacial score (nSPS) is 18.3. The number of hydrogen-bond acceptors (Lipinski definition) is 2. The van der Waals surface area contributed by atoms with Gasteiger partial charge < -0.3 is 5.73 Å². The average molecular weight is 190 g/mol. The van der Waals surface area contributed by atoms with Gasteiger partial charge in [0.2, 0.25) is 0 Å². The lowest BCUT2D eigenvalue weighted by molar-refractivity contribution is 0.324. The topological polar surface area (TPSA) is 49.8 Å². The van der Waals surface area contributed by atoms with Crippen LogP contribution in [-0.4, -0.2) is 0 Å². The zero-order valence-corrected chi connectivity index (χ0v) is 7.76. The maximum absolute atomic E-state index is 12.9. The van der Waals surface area contributed by atoms with Crippen LogP contribution in [-0.2, 0) is 5.41 Å². The summed E-state index contributed by atoms with van der Waals surface area (Å²) in [6.07, 6.45) is 2.77. The van der Waals surface area contributed by atoms with Crippen molar-refractivity contribution in [2.75, 3.05) is 5.73 Å². The van der Waals surface area contributed by atoms with Gasteiger partial charge in [0.05, 0.1) is 17.2 Å². The summed E-state index contributed by atoms with van der Waals surface area (Å²) >= 11 is 0. The third-order valence-electron chi connectivity index (χ3n) is 2.97. The van der Waals surface area contributed by atoms with Crippen LogP contribution < -0.4 is 5.73 Å². The van der Waals surface area contributed by atoms with Crippen molar-refractivity contribution < 1.29 is 4.39 Å². The molecule has 72 valence electrons. The summed E-state index contributed by atoms with van der Waals surface area (Å²) in [5.41, 5.74) is 6.05. The van der Waals surface area contributed by atoms with Crippen molar-refractivity contribution in [1.82, 2.24) is 0 Å². The van der Waals surface area contributed by atoms with Crippen LogP contribution in [0.3, 0.4) is 0 Å². The molecule has 1 aromatic rings. The highest BCUT2D eigenvalue weighted by atomic mass is 19.1. The predicted octanol–water partition coefficient (Wildman–Crippen LogP) is 2.35. The average Bonchev–Trinajstić information content (AvgIpc) is 2.10. The van der Waals surface area contributed by atoms with Gasteiger partial charge in [0.15, 0.2) is 0 Å². The van der Waals surface area contributed by atoms with Gasteiger partial charge in [-0.2, -0.15) is 5.26 Å². The van der Waals surface area contributed by atoms with Crippen LogP contribution in [0.2, 0.25) is 0 Å². The minimum Gasteiger partial charge on any atom is -0.396 e. The largest absolute Gasteiger partial charge is 0.396 e. The minimum atomic E-state index is -0.416. The first-order valence-corrected chi connectivity index (χ1v) is 4.65. The molecule has 1 saturated carbocycles. The lowest BCUT2D eigenvalue weighted by Crippen LogP contribution is -2.32. The number of nitrogens with zero attached hydrogens (tertiary/aromatic N) is 1. The van der Waals surface area contributed by atoms with Gasteiger partial charge in [-0.25, -0.2) is 4.39 Å². The molecule has 1 aliphatic carbocycles. The third-order valence-corrected chi connectivity index (χ3v) is 2.97. The van der Waals surface area contributed by atoms with E-state index in [0.717, 1.165) is 24.8 Å². The van der Waals surface area contributed by atoms with E-state index in [4.69, 9.17) is 11.0 Å². The number of rotatable bonds is 1. The molecule has 0 saturated heterocycles. The van der Waals surface area contributed by atoms with Crippen molar-refractivity contribution in [3.63, 3.8) is 0 Å². The molecule has 1 aliphatic rings. The fourth-order valence-electron chi connectivity index (χ4n) is 1.84. The molecule has 1 fully saturated rings. The van der Waals surface area contributed by atoms with Crippen molar-refractivity contribution in [1.29, 1.82) is 5.26 Å². The fourth-order valence-corrected chi connectivity index (χ4v) is 1.84. The smallest absolute Gasteiger partial charge is 0.146 e. The number of hydrogen-bond donors (Lipinski definition) is 1. The number of nitriles is 1. The van der Waals surface area contributed by atoms with E-state index < -0.39 is 11.2 Å². The molecule has 0 spiro atoms. The molecule has 14 heavy (non-hydrogen) atoms. The summed E-state index contributed by atoms with van der Waals surface area (Å²) in [4.78, 5) is 0. The molecule has 1 aromatic carbocycles. The highest BCUT2D eigenvalue weighted by Gasteiger charge is 2.39. The van der Waals surface area contributed by atoms with Crippen LogP contribution in [0.4, 0.5) is 10.1 Å². The lowest BCUT2D eigenvalue weighted by Gasteiger charge is -2.35. The molecule has 0 atom stereocenters. The van der Waals surface area contributed by atoms with E-state index in [0.29, 0.717) is 0 Å². The van der Waals surface area contributed by atoms with Crippen molar-refractivity contribution in [3.8, 4) is 6.07 Å². The van der Waals surface area contributed by atoms with Gasteiger partial charge in [-0.3, -0.25) is 0 Å². The summed E-state index contributed by atoms with van der Waals surface area (Å²) in [6.45, 7) is 0. The van der Waals surface area contributed by atoms with Crippen molar-refractivity contribution in [2.24, 2.45) is 0 Å². The van der Waals surface area contributed by atoms with Gasteiger partial charge in [-0.15, -0.1) is 0 Å². The Morgan fingerprint density at radius 2 is 2.14 bits per heavy atom. The van der Waals surface area contributed by atoms with Gasteiger partial charge in [-0.1, -0.05) is 6.07 Å². The van der Waals surface area contributed by atoms with Crippen molar-refractivity contribution >= 4 is 5.69 Å². The first-order valence-electron chi connectivity index (χ1n) is 4.65. The Morgan fingerprint density at radius 3 is 2.57 bits per heavy atom. The summed E-state index contributed by atoms with van der Waals surface area (Å²) < 4.78 is 12.9. The van der Waals surface area contributed by atoms with Gasteiger partial charge in [0.1, 0.15) is 5.82 Å². The number of anilines is 1. The van der Waals surface area contributed by atoms with Crippen molar-refractivity contribution in [2.45, 2.75) is 24.7 Å². The van der Waals surface area contributed by atoms with Crippen molar-refractivity contribution in [3.05, 3.63) is 29.6 Å². The third kappa shape index (κ3) is 1.15. The van der Waals surface area contributed by atoms with E-state index in [-0.39, 0.29) is 5.69 Å². The number of benzene rings is 1. The highest BCUT2D eigenvalue weighted by Crippen LogP contribution is 2.43. The Labute approximate surface area is 82.1 Å². The summed E-state index contributed by atoms with van der Waals surface area (Å²) in [5, 5.41) is 9.07. The van der Waals surface area contributed by atoms with E-state index >= 15 is 0 Å². The molecule has 0 amide bonds. The molecule has 0 bridgehead atoms. The SMILES string of the molecule is N#CC1(c2ccc(F)c(N)c2)CCC1. The number of halogens is 1. The minimum absolute atomic E-state index is 0.129. The predicted molar refractivity (Wildman–Crippen MR) is 52.0 cm³/mol. The summed E-state index contributed by atoms with van der Waals surface area (Å²) in [5.74, 6) is -0.416. The molecule has 0 radical (unpaired) electrons. The van der Waals surface area contributed by atoms with Crippen LogP contribution >= 0.6 is 0 Å². The van der Waals surface area contributed by atoms with Gasteiger partial charge in [0, 0.05) is 0 Å². The van der Waals surface area contributed by atoms with Crippen LogP contribution in [0.1, 0.15) is 24.8 Å². The van der Waals surface area contributed by atoms with E-state index in [1.165, 1.54) is 6.07 Å². The molecule has 0 aliphatic heterocycles. The monoisotopic (exact) mass is 190 g/mol. The summed E-state index contributed by atoms with van der Waals surface area (Å²) in [6, 6.07) is 6.88. The van der Waals surface area contributed by atoms with Crippen LogP contribution in [0, 0.1) is 17.1 Å². The van der Waals surface area contributed by atoms with Crippen LogP contribution in [0.5, 0.6) is 0 Å². The second-order valence-corrected chi connectivity index (χ2v) is 3.78. The summed E-state index contributed by atoms with van der Waals surface area (Å²) in [7, 11) is 0. The molecule has 2 nitrogen and oxygen atoms in total. The Hall–Kier alpha value is -1.56. The Bertz CT molecular complexity index is 402. The van der Waals surface area contributed by atoms with E-state index in [9.17, 15) is 4.39 Å². The standard InChI is InChI=1S/C11H11FN2/c12-9-3-2-8(6-10(9)14)11(7-13)4-1-5-11/h2-3,6H,1,4-5,14H2. The molecule has 2 rings (SSSR count). The van der Waals surface area contributed by atoms with Crippen LogP contribution in [0.15, 0.2) is 18.2 Å². The molecule has 0 aromatic heterocycles. The van der Waals surface area contributed by atoms with E-state index in [1.807, 2.05) is 0 Å². The zero-order chi connectivity index (χ0) is 10.2. The van der Waals surface area contributed by atoms with E-state index in [2.05, 4.69) is 6.07 Å². The second-order valence-electron chi connectivity index (χ2n) is 3.78. The fraction of sp³-hybridized carbons (Fsp3) is 0.364. The molecule has 3 heteroatoms. The maximum atomic E-state index is 12.9. The first kappa shape index (κ1) is 9.01. The Balaban J connectivity index is 2.42. The zero-order valence-electron chi connectivity index (χ0n) is 7.76. The lowest BCUT2D eigenvalue weighted by atomic mass is 9.65. The molecule has 0 unspecified atom stereocenters. The Kier molecular flexibility index (Phi) is 1.92. The van der Waals surface area contributed by atoms with E-state index in [1.54, 1.807) is 12.1 Å². The molecular weight excluding hydrogens is 179 g/mol. The quantitative estimate of drug-likeness (QED) is 0.691. The maximum Gasteiger partial charge on any atom is 0.146 e. The van der Waals surface area contributed by atoms with Gasteiger partial charge in [-0.05, 0) is 37.0 Å². The number of nitrogen functional groups attached to an aromatic ring is 1. The molecular formula is C11H11FN2. The first-order chi connectivity index (χ1) is 6.68. The Morgan fingerprint density at radius 1 is 1.43 bits per heavy atom. The molecule has 2 N–H and O–H groups in total. The van der Waals surface area contributed by atoms with Gasteiger partial charge >= 0.3 is 0 Å². The second kappa shape index (κ2) is 2.98. The highest BCUT2D eigenvalue weighted by molar-refractivity contribution is 5.47. The number of nitrogens with two attached hydrogens (primary N) is 1. The van der Waals surface area contributed by atoms with Gasteiger partial charge in [0.25, 0.3) is 0 Å². The molecule has 0 heterocycles.